The van der Waals surface area contributed by atoms with Gasteiger partial charge in [0.15, 0.2) is 11.5 Å². The summed E-state index contributed by atoms with van der Waals surface area (Å²) in [7, 11) is 0. The molecule has 2 aromatic rings. The van der Waals surface area contributed by atoms with Crippen LogP contribution in [0.1, 0.15) is 35.8 Å². The number of ether oxygens (including phenoxy) is 2. The van der Waals surface area contributed by atoms with Crippen molar-refractivity contribution in [2.75, 3.05) is 19.5 Å². The molecular formula is C20H23NO3S. The Labute approximate surface area is 152 Å². The first-order valence-electron chi connectivity index (χ1n) is 8.43. The SMILES string of the molecule is CSc1ccc(C(=O)N[C@@H](c2ccc3c(c2)OCCO3)C(C)C)cc1. The summed E-state index contributed by atoms with van der Waals surface area (Å²) >= 11 is 1.66. The summed E-state index contributed by atoms with van der Waals surface area (Å²) in [6, 6.07) is 13.4. The van der Waals surface area contributed by atoms with Crippen molar-refractivity contribution in [3.05, 3.63) is 53.6 Å². The van der Waals surface area contributed by atoms with E-state index in [9.17, 15) is 4.79 Å². The van der Waals surface area contributed by atoms with Crippen LogP contribution in [0.3, 0.4) is 0 Å². The topological polar surface area (TPSA) is 47.6 Å². The maximum atomic E-state index is 12.6. The van der Waals surface area contributed by atoms with Crippen LogP contribution < -0.4 is 14.8 Å². The third-order valence-corrected chi connectivity index (χ3v) is 4.97. The van der Waals surface area contributed by atoms with Crippen molar-refractivity contribution in [1.29, 1.82) is 0 Å². The highest BCUT2D eigenvalue weighted by Crippen LogP contribution is 2.34. The molecule has 0 unspecified atom stereocenters. The Hall–Kier alpha value is -2.14. The zero-order chi connectivity index (χ0) is 17.8. The zero-order valence-corrected chi connectivity index (χ0v) is 15.6. The van der Waals surface area contributed by atoms with Crippen LogP contribution in [0.5, 0.6) is 11.5 Å². The normalized spacial score (nSPS) is 14.2. The van der Waals surface area contributed by atoms with Crippen LogP contribution in [0.4, 0.5) is 0 Å². The molecular weight excluding hydrogens is 334 g/mol. The van der Waals surface area contributed by atoms with Gasteiger partial charge in [-0.2, -0.15) is 0 Å². The Kier molecular flexibility index (Phi) is 5.53. The van der Waals surface area contributed by atoms with E-state index in [1.807, 2.05) is 48.7 Å². The van der Waals surface area contributed by atoms with E-state index < -0.39 is 0 Å². The quantitative estimate of drug-likeness (QED) is 0.810. The van der Waals surface area contributed by atoms with E-state index in [0.29, 0.717) is 18.8 Å². The maximum absolute atomic E-state index is 12.6. The van der Waals surface area contributed by atoms with Gasteiger partial charge in [-0.25, -0.2) is 0 Å². The fraction of sp³-hybridized carbons (Fsp3) is 0.350. The molecule has 0 spiro atoms. The van der Waals surface area contributed by atoms with E-state index in [4.69, 9.17) is 9.47 Å². The minimum absolute atomic E-state index is 0.0683. The molecule has 2 aromatic carbocycles. The zero-order valence-electron chi connectivity index (χ0n) is 14.7. The van der Waals surface area contributed by atoms with E-state index in [0.717, 1.165) is 22.0 Å². The van der Waals surface area contributed by atoms with Gasteiger partial charge in [-0.05, 0) is 54.1 Å². The van der Waals surface area contributed by atoms with Crippen molar-refractivity contribution in [2.45, 2.75) is 24.8 Å². The Morgan fingerprint density at radius 1 is 1.04 bits per heavy atom. The molecule has 0 fully saturated rings. The van der Waals surface area contributed by atoms with E-state index in [1.165, 1.54) is 0 Å². The molecule has 0 aromatic heterocycles. The molecule has 1 N–H and O–H groups in total. The van der Waals surface area contributed by atoms with Crippen molar-refractivity contribution in [2.24, 2.45) is 5.92 Å². The summed E-state index contributed by atoms with van der Waals surface area (Å²) in [5.41, 5.74) is 1.69. The van der Waals surface area contributed by atoms with Crippen LogP contribution in [0, 0.1) is 5.92 Å². The Balaban J connectivity index is 1.80. The van der Waals surface area contributed by atoms with E-state index in [1.54, 1.807) is 11.8 Å². The molecule has 1 aliphatic heterocycles. The second-order valence-electron chi connectivity index (χ2n) is 6.33. The molecule has 0 saturated heterocycles. The van der Waals surface area contributed by atoms with Gasteiger partial charge in [-0.1, -0.05) is 19.9 Å². The van der Waals surface area contributed by atoms with Gasteiger partial charge in [0.1, 0.15) is 13.2 Å². The average Bonchev–Trinajstić information content (AvgIpc) is 2.65. The molecule has 5 heteroatoms. The highest BCUT2D eigenvalue weighted by molar-refractivity contribution is 7.98. The van der Waals surface area contributed by atoms with Crippen molar-refractivity contribution < 1.29 is 14.3 Å². The van der Waals surface area contributed by atoms with E-state index >= 15 is 0 Å². The van der Waals surface area contributed by atoms with Crippen LogP contribution in [-0.4, -0.2) is 25.4 Å². The van der Waals surface area contributed by atoms with Gasteiger partial charge < -0.3 is 14.8 Å². The number of amides is 1. The molecule has 1 heterocycles. The molecule has 1 amide bonds. The largest absolute Gasteiger partial charge is 0.486 e. The lowest BCUT2D eigenvalue weighted by molar-refractivity contribution is 0.0925. The third-order valence-electron chi connectivity index (χ3n) is 4.23. The van der Waals surface area contributed by atoms with Crippen LogP contribution in [0.15, 0.2) is 47.4 Å². The van der Waals surface area contributed by atoms with Gasteiger partial charge in [0, 0.05) is 10.5 Å². The fourth-order valence-electron chi connectivity index (χ4n) is 2.86. The predicted molar refractivity (Wildman–Crippen MR) is 101 cm³/mol. The van der Waals surface area contributed by atoms with Gasteiger partial charge >= 0.3 is 0 Å². The number of hydrogen-bond acceptors (Lipinski definition) is 4. The van der Waals surface area contributed by atoms with Crippen molar-refractivity contribution >= 4 is 17.7 Å². The summed E-state index contributed by atoms with van der Waals surface area (Å²) in [6.07, 6.45) is 2.02. The van der Waals surface area contributed by atoms with Crippen LogP contribution in [0.25, 0.3) is 0 Å². The van der Waals surface area contributed by atoms with Crippen LogP contribution >= 0.6 is 11.8 Å². The monoisotopic (exact) mass is 357 g/mol. The number of rotatable bonds is 5. The number of thioether (sulfide) groups is 1. The van der Waals surface area contributed by atoms with E-state index in [-0.39, 0.29) is 17.9 Å². The number of benzene rings is 2. The summed E-state index contributed by atoms with van der Waals surface area (Å²) < 4.78 is 11.2. The number of hydrogen-bond donors (Lipinski definition) is 1. The third kappa shape index (κ3) is 4.10. The number of carbonyl (C=O) groups is 1. The lowest BCUT2D eigenvalue weighted by atomic mass is 9.95. The van der Waals surface area contributed by atoms with Gasteiger partial charge in [-0.15, -0.1) is 11.8 Å². The number of nitrogens with one attached hydrogen (secondary N) is 1. The molecule has 132 valence electrons. The highest BCUT2D eigenvalue weighted by Gasteiger charge is 2.22. The number of carbonyl (C=O) groups excluding carboxylic acids is 1. The molecule has 0 aliphatic carbocycles. The summed E-state index contributed by atoms with van der Waals surface area (Å²) in [4.78, 5) is 13.8. The molecule has 0 radical (unpaired) electrons. The first-order chi connectivity index (χ1) is 12.1. The summed E-state index contributed by atoms with van der Waals surface area (Å²) in [5.74, 6) is 1.68. The molecule has 4 nitrogen and oxygen atoms in total. The minimum Gasteiger partial charge on any atom is -0.486 e. The van der Waals surface area contributed by atoms with Crippen molar-refractivity contribution in [3.63, 3.8) is 0 Å². The standard InChI is InChI=1S/C20H23NO3S/c1-13(2)19(15-6-9-17-18(12-15)24-11-10-23-17)21-20(22)14-4-7-16(25-3)8-5-14/h4-9,12-13,19H,10-11H2,1-3H3,(H,21,22)/t19-/m1/s1. The summed E-state index contributed by atoms with van der Waals surface area (Å²) in [5, 5.41) is 3.15. The number of fused-ring (bicyclic) bond motifs is 1. The Morgan fingerprint density at radius 3 is 2.36 bits per heavy atom. The second-order valence-corrected chi connectivity index (χ2v) is 7.21. The van der Waals surface area contributed by atoms with Crippen LogP contribution in [-0.2, 0) is 0 Å². The minimum atomic E-state index is -0.0939. The van der Waals surface area contributed by atoms with Gasteiger partial charge in [0.05, 0.1) is 6.04 Å². The summed E-state index contributed by atoms with van der Waals surface area (Å²) in [6.45, 7) is 5.32. The smallest absolute Gasteiger partial charge is 0.251 e. The van der Waals surface area contributed by atoms with Gasteiger partial charge in [0.25, 0.3) is 5.91 Å². The lowest BCUT2D eigenvalue weighted by Crippen LogP contribution is -2.31. The second kappa shape index (κ2) is 7.83. The lowest BCUT2D eigenvalue weighted by Gasteiger charge is -2.25. The molecule has 3 rings (SSSR count). The van der Waals surface area contributed by atoms with Gasteiger partial charge in [-0.3, -0.25) is 4.79 Å². The predicted octanol–water partition coefficient (Wildman–Crippen LogP) is 4.31. The molecule has 0 saturated carbocycles. The van der Waals surface area contributed by atoms with Crippen LogP contribution in [0.2, 0.25) is 0 Å². The van der Waals surface area contributed by atoms with E-state index in [2.05, 4.69) is 19.2 Å². The first-order valence-corrected chi connectivity index (χ1v) is 9.65. The molecule has 1 atom stereocenters. The average molecular weight is 357 g/mol. The maximum Gasteiger partial charge on any atom is 0.251 e. The van der Waals surface area contributed by atoms with Crippen molar-refractivity contribution in [1.82, 2.24) is 5.32 Å². The Bertz CT molecular complexity index is 743. The Morgan fingerprint density at radius 2 is 1.72 bits per heavy atom. The first kappa shape index (κ1) is 17.7. The fourth-order valence-corrected chi connectivity index (χ4v) is 3.26. The molecule has 0 bridgehead atoms. The highest BCUT2D eigenvalue weighted by atomic mass is 32.2. The molecule has 25 heavy (non-hydrogen) atoms. The molecule has 1 aliphatic rings. The van der Waals surface area contributed by atoms with Gasteiger partial charge in [0.2, 0.25) is 0 Å². The van der Waals surface area contributed by atoms with Crippen molar-refractivity contribution in [3.8, 4) is 11.5 Å².